The van der Waals surface area contributed by atoms with Gasteiger partial charge in [-0.2, -0.15) is 0 Å². The fraction of sp³-hybridized carbons (Fsp3) is 0.560. The molecule has 2 heterocycles. The fourth-order valence-corrected chi connectivity index (χ4v) is 3.98. The molecule has 0 saturated carbocycles. The van der Waals surface area contributed by atoms with Gasteiger partial charge >= 0.3 is 5.97 Å². The van der Waals surface area contributed by atoms with Crippen LogP contribution in [0.25, 0.3) is 6.08 Å². The number of rotatable bonds is 3. The van der Waals surface area contributed by atoms with Crippen molar-refractivity contribution in [3.63, 3.8) is 0 Å². The normalized spacial score (nSPS) is 32.2. The Morgan fingerprint density at radius 1 is 1.12 bits per heavy atom. The predicted molar refractivity (Wildman–Crippen MR) is 120 cm³/mol. The first-order valence-electron chi connectivity index (χ1n) is 11.0. The topological polar surface area (TPSA) is 83.5 Å². The van der Waals surface area contributed by atoms with Gasteiger partial charge in [0, 0.05) is 25.0 Å². The SMILES string of the molecule is COCOc1cc(O)cc2c1C(=O)OC(C)[C@H](C)/C=C\C(C)C1OC(C)(C)O[C@H]1C/C=C/2. The third-order valence-electron chi connectivity index (χ3n) is 5.81. The number of carbonyl (C=O) groups excluding carboxylic acids is 1. The number of aromatic hydroxyl groups is 1. The van der Waals surface area contributed by atoms with Gasteiger partial charge in [0.05, 0.1) is 12.2 Å². The maximum absolute atomic E-state index is 13.1. The molecule has 1 saturated heterocycles. The van der Waals surface area contributed by atoms with Crippen LogP contribution in [0.2, 0.25) is 0 Å². The lowest BCUT2D eigenvalue weighted by atomic mass is 9.94. The molecule has 0 radical (unpaired) electrons. The second kappa shape index (κ2) is 10.1. The summed E-state index contributed by atoms with van der Waals surface area (Å²) in [6, 6.07) is 2.90. The number of benzene rings is 1. The number of phenolic OH excluding ortho intramolecular Hbond substituents is 1. The first-order chi connectivity index (χ1) is 15.1. The van der Waals surface area contributed by atoms with Gasteiger partial charge in [-0.25, -0.2) is 4.79 Å². The van der Waals surface area contributed by atoms with Crippen molar-refractivity contribution in [3.05, 3.63) is 41.5 Å². The summed E-state index contributed by atoms with van der Waals surface area (Å²) in [7, 11) is 1.48. The van der Waals surface area contributed by atoms with Gasteiger partial charge in [0.15, 0.2) is 12.6 Å². The lowest BCUT2D eigenvalue weighted by Crippen LogP contribution is -2.29. The number of hydrogen-bond donors (Lipinski definition) is 1. The molecule has 0 bridgehead atoms. The highest BCUT2D eigenvalue weighted by Crippen LogP contribution is 2.36. The van der Waals surface area contributed by atoms with E-state index in [-0.39, 0.29) is 54.0 Å². The highest BCUT2D eigenvalue weighted by molar-refractivity contribution is 5.97. The number of fused-ring (bicyclic) bond motifs is 2. The van der Waals surface area contributed by atoms with E-state index in [0.717, 1.165) is 0 Å². The average molecular weight is 447 g/mol. The summed E-state index contributed by atoms with van der Waals surface area (Å²) in [5, 5.41) is 10.2. The molecule has 5 atom stereocenters. The number of cyclic esters (lactones) is 1. The van der Waals surface area contributed by atoms with Crippen LogP contribution in [0.3, 0.4) is 0 Å². The quantitative estimate of drug-likeness (QED) is 0.410. The zero-order chi connectivity index (χ0) is 23.5. The van der Waals surface area contributed by atoms with Gasteiger partial charge in [0.25, 0.3) is 0 Å². The molecule has 1 aromatic carbocycles. The van der Waals surface area contributed by atoms with Crippen LogP contribution < -0.4 is 4.74 Å². The molecule has 176 valence electrons. The van der Waals surface area contributed by atoms with Crippen LogP contribution >= 0.6 is 0 Å². The Kier molecular flexibility index (Phi) is 7.64. The van der Waals surface area contributed by atoms with E-state index in [1.807, 2.05) is 33.8 Å². The highest BCUT2D eigenvalue weighted by atomic mass is 16.8. The predicted octanol–water partition coefficient (Wildman–Crippen LogP) is 4.69. The van der Waals surface area contributed by atoms with Crippen LogP contribution in [-0.4, -0.2) is 49.1 Å². The van der Waals surface area contributed by atoms with Gasteiger partial charge in [-0.05, 0) is 38.8 Å². The molecule has 7 nitrogen and oxygen atoms in total. The van der Waals surface area contributed by atoms with Crippen LogP contribution in [0.15, 0.2) is 30.4 Å². The van der Waals surface area contributed by atoms with Crippen LogP contribution in [0.5, 0.6) is 11.5 Å². The van der Waals surface area contributed by atoms with Gasteiger partial charge < -0.3 is 28.8 Å². The Bertz CT molecular complexity index is 873. The summed E-state index contributed by atoms with van der Waals surface area (Å²) in [5.74, 6) is -0.911. The summed E-state index contributed by atoms with van der Waals surface area (Å²) in [6.07, 6.45) is 7.81. The number of esters is 1. The molecule has 3 unspecified atom stereocenters. The third kappa shape index (κ3) is 5.71. The van der Waals surface area contributed by atoms with Crippen LogP contribution in [0.1, 0.15) is 57.0 Å². The molecule has 0 aliphatic carbocycles. The van der Waals surface area contributed by atoms with E-state index >= 15 is 0 Å². The summed E-state index contributed by atoms with van der Waals surface area (Å²) in [5.41, 5.74) is 0.737. The average Bonchev–Trinajstić information content (AvgIpc) is 3.03. The molecule has 32 heavy (non-hydrogen) atoms. The van der Waals surface area contributed by atoms with E-state index in [1.165, 1.54) is 19.2 Å². The van der Waals surface area contributed by atoms with Crippen LogP contribution in [-0.2, 0) is 18.9 Å². The molecule has 0 spiro atoms. The Morgan fingerprint density at radius 2 is 1.84 bits per heavy atom. The van der Waals surface area contributed by atoms with Crippen molar-refractivity contribution in [1.82, 2.24) is 0 Å². The summed E-state index contributed by atoms with van der Waals surface area (Å²) in [6.45, 7) is 9.72. The Morgan fingerprint density at radius 3 is 2.56 bits per heavy atom. The van der Waals surface area contributed by atoms with Gasteiger partial charge in [-0.3, -0.25) is 0 Å². The first-order valence-corrected chi connectivity index (χ1v) is 11.0. The van der Waals surface area contributed by atoms with Gasteiger partial charge in [0.2, 0.25) is 0 Å². The van der Waals surface area contributed by atoms with E-state index in [1.54, 1.807) is 6.08 Å². The fourth-order valence-electron chi connectivity index (χ4n) is 3.98. The largest absolute Gasteiger partial charge is 0.508 e. The second-order valence-electron chi connectivity index (χ2n) is 8.95. The minimum absolute atomic E-state index is 0.0161. The van der Waals surface area contributed by atoms with Crippen molar-refractivity contribution < 1.29 is 33.6 Å². The molecule has 1 aromatic rings. The molecule has 7 heteroatoms. The Labute approximate surface area is 189 Å². The monoisotopic (exact) mass is 446 g/mol. The number of methoxy groups -OCH3 is 1. The van der Waals surface area contributed by atoms with Gasteiger partial charge in [-0.1, -0.05) is 38.2 Å². The molecule has 3 rings (SSSR count). The third-order valence-corrected chi connectivity index (χ3v) is 5.81. The number of carbonyl (C=O) groups is 1. The van der Waals surface area contributed by atoms with Crippen molar-refractivity contribution in [1.29, 1.82) is 0 Å². The van der Waals surface area contributed by atoms with E-state index in [0.29, 0.717) is 12.0 Å². The molecule has 0 amide bonds. The zero-order valence-electron chi connectivity index (χ0n) is 19.7. The standard InChI is InChI=1S/C25H34O7/c1-15-10-11-16(2)23-20(31-25(4,5)32-23)9-7-8-18-12-19(26)13-21(29-14-28-6)22(18)24(27)30-17(15)3/h7-8,10-13,15-17,20,23,26H,9,14H2,1-6H3/b8-7+,11-10-/t15-,16?,17?,20+,23?/m1/s1. The minimum Gasteiger partial charge on any atom is -0.508 e. The molecular weight excluding hydrogens is 412 g/mol. The van der Waals surface area contributed by atoms with Crippen LogP contribution in [0.4, 0.5) is 0 Å². The minimum atomic E-state index is -0.672. The first kappa shape index (κ1) is 24.3. The van der Waals surface area contributed by atoms with Crippen LogP contribution in [0, 0.1) is 11.8 Å². The molecular formula is C25H34O7. The van der Waals surface area contributed by atoms with E-state index < -0.39 is 11.8 Å². The Balaban J connectivity index is 2.04. The maximum atomic E-state index is 13.1. The lowest BCUT2D eigenvalue weighted by molar-refractivity contribution is -0.148. The number of hydrogen-bond acceptors (Lipinski definition) is 7. The lowest BCUT2D eigenvalue weighted by Gasteiger charge is -2.23. The molecule has 2 aliphatic heterocycles. The molecule has 0 aromatic heterocycles. The molecule has 1 fully saturated rings. The van der Waals surface area contributed by atoms with Crippen molar-refractivity contribution in [3.8, 4) is 11.5 Å². The van der Waals surface area contributed by atoms with E-state index in [2.05, 4.69) is 19.1 Å². The Hall–Kier alpha value is -2.35. The van der Waals surface area contributed by atoms with Crippen molar-refractivity contribution >= 4 is 12.0 Å². The van der Waals surface area contributed by atoms with E-state index in [9.17, 15) is 9.90 Å². The van der Waals surface area contributed by atoms with Crippen molar-refractivity contribution in [2.75, 3.05) is 13.9 Å². The van der Waals surface area contributed by atoms with Gasteiger partial charge in [0.1, 0.15) is 23.2 Å². The number of phenols is 1. The smallest absolute Gasteiger partial charge is 0.342 e. The van der Waals surface area contributed by atoms with E-state index in [4.69, 9.17) is 23.7 Å². The highest BCUT2D eigenvalue weighted by Gasteiger charge is 2.42. The maximum Gasteiger partial charge on any atom is 0.342 e. The molecule has 1 N–H and O–H groups in total. The van der Waals surface area contributed by atoms with Crippen molar-refractivity contribution in [2.45, 2.75) is 65.1 Å². The number of ether oxygens (including phenoxy) is 5. The summed E-state index contributed by atoms with van der Waals surface area (Å²) < 4.78 is 28.7. The van der Waals surface area contributed by atoms with Gasteiger partial charge in [-0.15, -0.1) is 0 Å². The zero-order valence-corrected chi connectivity index (χ0v) is 19.7. The van der Waals surface area contributed by atoms with Crippen molar-refractivity contribution in [2.24, 2.45) is 11.8 Å². The summed E-state index contributed by atoms with van der Waals surface area (Å²) in [4.78, 5) is 13.1. The second-order valence-corrected chi connectivity index (χ2v) is 8.95. The molecule has 2 aliphatic rings. The summed E-state index contributed by atoms with van der Waals surface area (Å²) >= 11 is 0.